The lowest BCUT2D eigenvalue weighted by Crippen LogP contribution is -1.98. The van der Waals surface area contributed by atoms with E-state index in [1.807, 2.05) is 6.07 Å². The molecule has 0 radical (unpaired) electrons. The number of aromatic nitrogens is 1. The maximum Gasteiger partial charge on any atom is 0.394 e. The number of oxazole rings is 1. The number of benzene rings is 1. The first-order valence-electron chi connectivity index (χ1n) is 4.71. The third-order valence-electron chi connectivity index (χ3n) is 1.95. The lowest BCUT2D eigenvalue weighted by Gasteiger charge is -2.01. The number of halogens is 1. The molecule has 0 aliphatic carbocycles. The van der Waals surface area contributed by atoms with E-state index in [0.29, 0.717) is 5.02 Å². The third-order valence-corrected chi connectivity index (χ3v) is 2.19. The van der Waals surface area contributed by atoms with Gasteiger partial charge in [-0.25, -0.2) is 4.79 Å². The summed E-state index contributed by atoms with van der Waals surface area (Å²) < 4.78 is 10.0. The minimum absolute atomic E-state index is 0.0811. The first-order chi connectivity index (χ1) is 8.15. The second-order valence-corrected chi connectivity index (χ2v) is 3.66. The highest BCUT2D eigenvalue weighted by atomic mass is 35.5. The fraction of sp³-hybridized carbons (Fsp3) is 0.0909. The van der Waals surface area contributed by atoms with Gasteiger partial charge in [-0.15, -0.1) is 0 Å². The summed E-state index contributed by atoms with van der Waals surface area (Å²) in [5.74, 6) is -1.16. The summed E-state index contributed by atoms with van der Waals surface area (Å²) in [6.45, 7) is 0.208. The number of nitrogens with zero attached hydrogens (tertiary/aromatic N) is 1. The van der Waals surface area contributed by atoms with E-state index in [-0.39, 0.29) is 18.4 Å². The molecule has 0 fully saturated rings. The summed E-state index contributed by atoms with van der Waals surface area (Å²) in [6.07, 6.45) is 0.942. The predicted molar refractivity (Wildman–Crippen MR) is 59.2 cm³/mol. The van der Waals surface area contributed by atoms with Crippen molar-refractivity contribution in [2.75, 3.05) is 0 Å². The number of aromatic carboxylic acids is 1. The van der Waals surface area contributed by atoms with Gasteiger partial charge in [-0.05, 0) is 17.7 Å². The number of hydrogen-bond donors (Lipinski definition) is 1. The molecule has 0 aliphatic heterocycles. The molecule has 0 saturated carbocycles. The Morgan fingerprint density at radius 2 is 2.35 bits per heavy atom. The molecule has 2 aromatic rings. The molecule has 0 aliphatic rings. The molecular weight excluding hydrogens is 246 g/mol. The largest absolute Gasteiger partial charge is 0.476 e. The first-order valence-corrected chi connectivity index (χ1v) is 5.09. The summed E-state index contributed by atoms with van der Waals surface area (Å²) in [4.78, 5) is 14.2. The molecule has 88 valence electrons. The van der Waals surface area contributed by atoms with Crippen LogP contribution in [0.25, 0.3) is 0 Å². The quantitative estimate of drug-likeness (QED) is 0.907. The van der Waals surface area contributed by atoms with Crippen LogP contribution >= 0.6 is 11.6 Å². The van der Waals surface area contributed by atoms with Crippen LogP contribution in [0, 0.1) is 0 Å². The Kier molecular flexibility index (Phi) is 3.30. The van der Waals surface area contributed by atoms with Crippen molar-refractivity contribution in [1.29, 1.82) is 0 Å². The van der Waals surface area contributed by atoms with Gasteiger partial charge in [-0.3, -0.25) is 0 Å². The zero-order valence-electron chi connectivity index (χ0n) is 8.59. The minimum Gasteiger partial charge on any atom is -0.476 e. The van der Waals surface area contributed by atoms with Gasteiger partial charge < -0.3 is 14.3 Å². The molecule has 0 saturated heterocycles. The Balaban J connectivity index is 2.00. The summed E-state index contributed by atoms with van der Waals surface area (Å²) in [6, 6.07) is 7.10. The average Bonchev–Trinajstić information content (AvgIpc) is 2.75. The molecule has 0 amide bonds. The van der Waals surface area contributed by atoms with Gasteiger partial charge in [-0.2, -0.15) is 4.98 Å². The van der Waals surface area contributed by atoms with E-state index in [9.17, 15) is 4.79 Å². The fourth-order valence-corrected chi connectivity index (χ4v) is 1.41. The van der Waals surface area contributed by atoms with Gasteiger partial charge in [-0.1, -0.05) is 23.7 Å². The number of carboxylic acids is 1. The van der Waals surface area contributed by atoms with E-state index in [1.54, 1.807) is 18.2 Å². The minimum atomic E-state index is -1.16. The van der Waals surface area contributed by atoms with Crippen molar-refractivity contribution in [2.45, 2.75) is 6.61 Å². The second kappa shape index (κ2) is 4.88. The van der Waals surface area contributed by atoms with Gasteiger partial charge >= 0.3 is 12.0 Å². The van der Waals surface area contributed by atoms with Crippen LogP contribution in [0.3, 0.4) is 0 Å². The molecule has 1 N–H and O–H groups in total. The number of hydrogen-bond acceptors (Lipinski definition) is 4. The molecule has 0 spiro atoms. The SMILES string of the molecule is O=C(O)c1coc(OCc2cccc(Cl)c2)n1. The molecule has 0 unspecified atom stereocenters. The van der Waals surface area contributed by atoms with E-state index in [4.69, 9.17) is 25.9 Å². The molecule has 17 heavy (non-hydrogen) atoms. The van der Waals surface area contributed by atoms with Crippen LogP contribution in [0.15, 0.2) is 34.9 Å². The molecule has 2 rings (SSSR count). The van der Waals surface area contributed by atoms with Crippen molar-refractivity contribution in [1.82, 2.24) is 4.98 Å². The Bertz CT molecular complexity index is 538. The van der Waals surface area contributed by atoms with Crippen LogP contribution in [0.1, 0.15) is 16.1 Å². The topological polar surface area (TPSA) is 72.6 Å². The molecule has 0 bridgehead atoms. The van der Waals surface area contributed by atoms with E-state index in [2.05, 4.69) is 4.98 Å². The van der Waals surface area contributed by atoms with Crippen molar-refractivity contribution >= 4 is 17.6 Å². The highest BCUT2D eigenvalue weighted by molar-refractivity contribution is 6.30. The summed E-state index contributed by atoms with van der Waals surface area (Å²) in [5.41, 5.74) is 0.652. The summed E-state index contributed by atoms with van der Waals surface area (Å²) >= 11 is 5.80. The second-order valence-electron chi connectivity index (χ2n) is 3.22. The van der Waals surface area contributed by atoms with Crippen molar-refractivity contribution in [3.8, 4) is 6.08 Å². The van der Waals surface area contributed by atoms with Crippen LogP contribution in [0.5, 0.6) is 6.08 Å². The molecule has 1 heterocycles. The van der Waals surface area contributed by atoms with Crippen LogP contribution in [-0.2, 0) is 6.61 Å². The monoisotopic (exact) mass is 253 g/mol. The molecule has 1 aromatic carbocycles. The highest BCUT2D eigenvalue weighted by Gasteiger charge is 2.11. The molecule has 5 nitrogen and oxygen atoms in total. The molecule has 1 aromatic heterocycles. The zero-order chi connectivity index (χ0) is 12.3. The number of ether oxygens (including phenoxy) is 1. The molecule has 0 atom stereocenters. The summed E-state index contributed by atoms with van der Waals surface area (Å²) in [5, 5.41) is 9.23. The van der Waals surface area contributed by atoms with Crippen molar-refractivity contribution in [3.05, 3.63) is 46.8 Å². The summed E-state index contributed by atoms with van der Waals surface area (Å²) in [7, 11) is 0. The van der Waals surface area contributed by atoms with Crippen LogP contribution in [0.2, 0.25) is 5.02 Å². The number of carbonyl (C=O) groups is 1. The van der Waals surface area contributed by atoms with Gasteiger partial charge in [0.05, 0.1) is 0 Å². The highest BCUT2D eigenvalue weighted by Crippen LogP contribution is 2.15. The van der Waals surface area contributed by atoms with Crippen LogP contribution in [-0.4, -0.2) is 16.1 Å². The van der Waals surface area contributed by atoms with Crippen LogP contribution < -0.4 is 4.74 Å². The zero-order valence-corrected chi connectivity index (χ0v) is 9.35. The molecule has 6 heteroatoms. The Hall–Kier alpha value is -2.01. The Morgan fingerprint density at radius 1 is 1.53 bits per heavy atom. The molecular formula is C11H8ClNO4. The van der Waals surface area contributed by atoms with E-state index in [0.717, 1.165) is 11.8 Å². The first kappa shape index (κ1) is 11.5. The maximum atomic E-state index is 10.5. The lowest BCUT2D eigenvalue weighted by atomic mass is 10.2. The number of rotatable bonds is 4. The Labute approximate surface area is 102 Å². The normalized spacial score (nSPS) is 10.2. The van der Waals surface area contributed by atoms with Crippen LogP contribution in [0.4, 0.5) is 0 Å². The van der Waals surface area contributed by atoms with Crippen molar-refractivity contribution < 1.29 is 19.1 Å². The Morgan fingerprint density at radius 3 is 3.00 bits per heavy atom. The van der Waals surface area contributed by atoms with E-state index < -0.39 is 5.97 Å². The van der Waals surface area contributed by atoms with Gasteiger partial charge in [0.2, 0.25) is 0 Å². The van der Waals surface area contributed by atoms with Gasteiger partial charge in [0.25, 0.3) is 0 Å². The number of carboxylic acid groups (broad SMARTS) is 1. The maximum absolute atomic E-state index is 10.5. The smallest absolute Gasteiger partial charge is 0.394 e. The van der Waals surface area contributed by atoms with Gasteiger partial charge in [0.1, 0.15) is 12.9 Å². The van der Waals surface area contributed by atoms with E-state index >= 15 is 0 Å². The van der Waals surface area contributed by atoms with E-state index in [1.165, 1.54) is 0 Å². The average molecular weight is 254 g/mol. The predicted octanol–water partition coefficient (Wildman–Crippen LogP) is 2.61. The lowest BCUT2D eigenvalue weighted by molar-refractivity contribution is 0.0690. The van der Waals surface area contributed by atoms with Gasteiger partial charge in [0, 0.05) is 5.02 Å². The van der Waals surface area contributed by atoms with Crippen molar-refractivity contribution in [3.63, 3.8) is 0 Å². The third kappa shape index (κ3) is 2.98. The van der Waals surface area contributed by atoms with Crippen molar-refractivity contribution in [2.24, 2.45) is 0 Å². The fourth-order valence-electron chi connectivity index (χ4n) is 1.19. The van der Waals surface area contributed by atoms with Gasteiger partial charge in [0.15, 0.2) is 5.69 Å². The standard InChI is InChI=1S/C11H8ClNO4/c12-8-3-1-2-7(4-8)5-16-11-13-9(6-17-11)10(14)15/h1-4,6H,5H2,(H,14,15).